The average molecular weight is 358 g/mol. The number of hydrogen-bond donors (Lipinski definition) is 3. The molecule has 0 radical (unpaired) electrons. The summed E-state index contributed by atoms with van der Waals surface area (Å²) in [5, 5.41) is 9.18. The van der Waals surface area contributed by atoms with E-state index in [2.05, 4.69) is 15.6 Å². The van der Waals surface area contributed by atoms with Gasteiger partial charge in [0.15, 0.2) is 0 Å². The molecule has 1 unspecified atom stereocenters. The fraction of sp³-hybridized carbons (Fsp3) is 0.278. The summed E-state index contributed by atoms with van der Waals surface area (Å²) in [4.78, 5) is 17.3. The van der Waals surface area contributed by atoms with Gasteiger partial charge in [-0.1, -0.05) is 29.8 Å². The Labute approximate surface area is 148 Å². The molecule has 5 rings (SSSR count). The van der Waals surface area contributed by atoms with Crippen molar-refractivity contribution in [3.63, 3.8) is 0 Å². The minimum Gasteiger partial charge on any atom is -0.352 e. The number of aryl methyl sites for hydroxylation is 1. The van der Waals surface area contributed by atoms with Crippen molar-refractivity contribution in [3.8, 4) is 0 Å². The van der Waals surface area contributed by atoms with Gasteiger partial charge in [0, 0.05) is 21.3 Å². The highest BCUT2D eigenvalue weighted by atomic mass is 35.5. The number of para-hydroxylation sites is 1. The number of rotatable bonds is 1. The number of carbonyl (C=O) groups is 1. The van der Waals surface area contributed by atoms with Crippen LogP contribution in [0, 0.1) is 0 Å². The molecular formula is C18H16ClN3OS. The Morgan fingerprint density at radius 1 is 1.12 bits per heavy atom. The molecule has 3 N–H and O–H groups in total. The molecule has 122 valence electrons. The third-order valence-electron chi connectivity index (χ3n) is 4.94. The summed E-state index contributed by atoms with van der Waals surface area (Å²) in [6.45, 7) is 0. The van der Waals surface area contributed by atoms with E-state index in [0.717, 1.165) is 39.9 Å². The molecule has 1 atom stereocenters. The fourth-order valence-electron chi connectivity index (χ4n) is 3.84. The standard InChI is InChI=1S/C18H16ClN3OS/c19-15-13(9-5-1-3-7-11(9)20-15)16-21-17(23)14-10-6-2-4-8-12(10)24-18(14)22-16/h1,3,5,7,16,20,22H,2,4,6,8H2,(H,21,23). The Balaban J connectivity index is 1.61. The largest absolute Gasteiger partial charge is 0.352 e. The van der Waals surface area contributed by atoms with Crippen molar-refractivity contribution in [3.05, 3.63) is 51.0 Å². The van der Waals surface area contributed by atoms with Crippen LogP contribution in [0.3, 0.4) is 0 Å². The minimum absolute atomic E-state index is 0.00879. The van der Waals surface area contributed by atoms with Gasteiger partial charge in [-0.2, -0.15) is 0 Å². The normalized spacial score (nSPS) is 19.5. The molecule has 0 saturated heterocycles. The van der Waals surface area contributed by atoms with Crippen LogP contribution in [0.25, 0.3) is 10.9 Å². The van der Waals surface area contributed by atoms with E-state index in [1.54, 1.807) is 11.3 Å². The van der Waals surface area contributed by atoms with Crippen molar-refractivity contribution in [1.29, 1.82) is 0 Å². The van der Waals surface area contributed by atoms with Gasteiger partial charge in [-0.15, -0.1) is 11.3 Å². The third kappa shape index (κ3) is 2.01. The Morgan fingerprint density at radius 2 is 1.96 bits per heavy atom. The number of thiophene rings is 1. The zero-order valence-corrected chi connectivity index (χ0v) is 14.5. The number of anilines is 1. The van der Waals surface area contributed by atoms with Gasteiger partial charge in [-0.3, -0.25) is 4.79 Å². The summed E-state index contributed by atoms with van der Waals surface area (Å²) in [7, 11) is 0. The van der Waals surface area contributed by atoms with E-state index < -0.39 is 0 Å². The molecule has 1 aliphatic heterocycles. The predicted molar refractivity (Wildman–Crippen MR) is 98.1 cm³/mol. The first-order valence-corrected chi connectivity index (χ1v) is 9.40. The molecule has 2 aromatic heterocycles. The van der Waals surface area contributed by atoms with Crippen LogP contribution in [0.2, 0.25) is 5.15 Å². The van der Waals surface area contributed by atoms with Crippen LogP contribution in [0.5, 0.6) is 0 Å². The zero-order chi connectivity index (χ0) is 16.3. The number of H-pyrrole nitrogens is 1. The van der Waals surface area contributed by atoms with Crippen molar-refractivity contribution in [2.24, 2.45) is 0 Å². The minimum atomic E-state index is -0.311. The summed E-state index contributed by atoms with van der Waals surface area (Å²) < 4.78 is 0. The highest BCUT2D eigenvalue weighted by molar-refractivity contribution is 7.16. The molecule has 6 heteroatoms. The first-order chi connectivity index (χ1) is 11.7. The first-order valence-electron chi connectivity index (χ1n) is 8.20. The van der Waals surface area contributed by atoms with E-state index in [1.807, 2.05) is 24.3 Å². The number of hydrogen-bond acceptors (Lipinski definition) is 3. The second-order valence-corrected chi connectivity index (χ2v) is 7.85. The number of fused-ring (bicyclic) bond motifs is 4. The third-order valence-corrected chi connectivity index (χ3v) is 6.46. The summed E-state index contributed by atoms with van der Waals surface area (Å²) in [5.74, 6) is 0.00879. The summed E-state index contributed by atoms with van der Waals surface area (Å²) in [6.07, 6.45) is 4.16. The van der Waals surface area contributed by atoms with Crippen LogP contribution in [0.4, 0.5) is 5.00 Å². The molecule has 3 aromatic rings. The highest BCUT2D eigenvalue weighted by Crippen LogP contribution is 2.43. The molecule has 0 saturated carbocycles. The first kappa shape index (κ1) is 14.4. The van der Waals surface area contributed by atoms with Crippen molar-refractivity contribution in [2.45, 2.75) is 31.8 Å². The second-order valence-electron chi connectivity index (χ2n) is 6.36. The van der Waals surface area contributed by atoms with Gasteiger partial charge >= 0.3 is 0 Å². The predicted octanol–water partition coefficient (Wildman–Crippen LogP) is 4.62. The van der Waals surface area contributed by atoms with Gasteiger partial charge in [0.25, 0.3) is 5.91 Å². The lowest BCUT2D eigenvalue weighted by molar-refractivity contribution is 0.0935. The van der Waals surface area contributed by atoms with E-state index >= 15 is 0 Å². The van der Waals surface area contributed by atoms with E-state index in [0.29, 0.717) is 5.15 Å². The lowest BCUT2D eigenvalue weighted by atomic mass is 9.94. The van der Waals surface area contributed by atoms with Crippen molar-refractivity contribution in [2.75, 3.05) is 5.32 Å². The van der Waals surface area contributed by atoms with E-state index in [9.17, 15) is 4.79 Å². The molecule has 1 amide bonds. The van der Waals surface area contributed by atoms with E-state index in [1.165, 1.54) is 23.3 Å². The lowest BCUT2D eigenvalue weighted by Gasteiger charge is -2.26. The highest BCUT2D eigenvalue weighted by Gasteiger charge is 2.33. The van der Waals surface area contributed by atoms with Gasteiger partial charge in [0.1, 0.15) is 16.3 Å². The van der Waals surface area contributed by atoms with Crippen molar-refractivity contribution >= 4 is 44.7 Å². The van der Waals surface area contributed by atoms with Gasteiger partial charge in [0.2, 0.25) is 0 Å². The van der Waals surface area contributed by atoms with Crippen LogP contribution in [-0.4, -0.2) is 10.9 Å². The molecule has 0 spiro atoms. The fourth-order valence-corrected chi connectivity index (χ4v) is 5.46. The number of amides is 1. The van der Waals surface area contributed by atoms with Crippen LogP contribution in [0.1, 0.15) is 45.4 Å². The monoisotopic (exact) mass is 357 g/mol. The molecule has 3 heterocycles. The van der Waals surface area contributed by atoms with Gasteiger partial charge in [-0.25, -0.2) is 0 Å². The van der Waals surface area contributed by atoms with Crippen LogP contribution in [-0.2, 0) is 12.8 Å². The molecule has 0 fully saturated rings. The Morgan fingerprint density at radius 3 is 2.88 bits per heavy atom. The Hall–Kier alpha value is -1.98. The molecule has 0 bridgehead atoms. The molecule has 2 aliphatic rings. The smallest absolute Gasteiger partial charge is 0.256 e. The quantitative estimate of drug-likeness (QED) is 0.595. The van der Waals surface area contributed by atoms with Crippen LogP contribution >= 0.6 is 22.9 Å². The number of carbonyl (C=O) groups excluding carboxylic acids is 1. The number of nitrogens with one attached hydrogen (secondary N) is 3. The van der Waals surface area contributed by atoms with Gasteiger partial charge < -0.3 is 15.6 Å². The lowest BCUT2D eigenvalue weighted by Crippen LogP contribution is -2.38. The molecule has 24 heavy (non-hydrogen) atoms. The SMILES string of the molecule is O=C1NC(c2c(Cl)[nH]c3ccccc23)Nc2sc3c(c21)CCCC3. The number of aromatic amines is 1. The summed E-state index contributed by atoms with van der Waals surface area (Å²) in [6, 6.07) is 7.97. The van der Waals surface area contributed by atoms with E-state index in [4.69, 9.17) is 11.6 Å². The Bertz CT molecular complexity index is 974. The molecule has 1 aliphatic carbocycles. The molecule has 1 aromatic carbocycles. The zero-order valence-electron chi connectivity index (χ0n) is 12.9. The molecule has 4 nitrogen and oxygen atoms in total. The van der Waals surface area contributed by atoms with Crippen molar-refractivity contribution < 1.29 is 4.79 Å². The summed E-state index contributed by atoms with van der Waals surface area (Å²) >= 11 is 8.16. The van der Waals surface area contributed by atoms with E-state index in [-0.39, 0.29) is 12.1 Å². The van der Waals surface area contributed by atoms with Gasteiger partial charge in [0.05, 0.1) is 5.56 Å². The maximum absolute atomic E-state index is 12.8. The topological polar surface area (TPSA) is 56.9 Å². The number of aromatic nitrogens is 1. The Kier molecular flexibility index (Phi) is 3.15. The number of halogens is 1. The van der Waals surface area contributed by atoms with Crippen LogP contribution in [0.15, 0.2) is 24.3 Å². The maximum atomic E-state index is 12.8. The number of benzene rings is 1. The maximum Gasteiger partial charge on any atom is 0.256 e. The van der Waals surface area contributed by atoms with Crippen LogP contribution < -0.4 is 10.6 Å². The molecular weight excluding hydrogens is 342 g/mol. The summed E-state index contributed by atoms with van der Waals surface area (Å²) in [5.41, 5.74) is 3.97. The average Bonchev–Trinajstić information content (AvgIpc) is 3.11. The second kappa shape index (κ2) is 5.26. The van der Waals surface area contributed by atoms with Gasteiger partial charge in [-0.05, 0) is 37.3 Å². The van der Waals surface area contributed by atoms with Crippen molar-refractivity contribution in [1.82, 2.24) is 10.3 Å².